The van der Waals surface area contributed by atoms with Crippen LogP contribution in [0.5, 0.6) is 0 Å². The lowest BCUT2D eigenvalue weighted by Gasteiger charge is -2.24. The first-order valence-corrected chi connectivity index (χ1v) is 11.7. The molecule has 34 heavy (non-hydrogen) atoms. The molecule has 1 aromatic heterocycles. The second-order valence-electron chi connectivity index (χ2n) is 9.01. The first-order valence-electron chi connectivity index (χ1n) is 11.7. The van der Waals surface area contributed by atoms with Crippen LogP contribution in [0, 0.1) is 18.7 Å². The molecule has 1 saturated carbocycles. The first kappa shape index (κ1) is 23.6. The number of rotatable bonds is 8. The zero-order valence-corrected chi connectivity index (χ0v) is 19.3. The van der Waals surface area contributed by atoms with Crippen LogP contribution in [0.25, 0.3) is 11.1 Å². The Bertz CT molecular complexity index is 1170. The van der Waals surface area contributed by atoms with Crippen LogP contribution in [0.2, 0.25) is 0 Å². The van der Waals surface area contributed by atoms with Gasteiger partial charge in [0, 0.05) is 23.9 Å². The van der Waals surface area contributed by atoms with Crippen molar-refractivity contribution in [3.63, 3.8) is 0 Å². The number of carboxylic acid groups (broad SMARTS) is 1. The van der Waals surface area contributed by atoms with E-state index in [9.17, 15) is 14.0 Å². The minimum atomic E-state index is -0.840. The molecule has 0 bridgehead atoms. The van der Waals surface area contributed by atoms with Gasteiger partial charge in [-0.25, -0.2) is 4.39 Å². The summed E-state index contributed by atoms with van der Waals surface area (Å²) in [5.41, 5.74) is 5.03. The molecule has 2 aromatic carbocycles. The number of anilines is 1. The Morgan fingerprint density at radius 1 is 1.09 bits per heavy atom. The molecule has 0 aliphatic heterocycles. The van der Waals surface area contributed by atoms with E-state index in [0.29, 0.717) is 12.0 Å². The SMILES string of the molecule is Cc1c(CCC(=O)O)cccc1NC(=O)[C@@H](c1ccc(-c2cncc(F)c2)cc1)C1CCCC1. The Labute approximate surface area is 199 Å². The standard InChI is InChI=1S/C28H29FN2O3/c1-18-19(13-14-26(32)33)7-4-8-25(18)31-28(34)27(21-5-2-3-6-21)22-11-9-20(10-12-22)23-15-24(29)17-30-16-23/h4,7-12,15-17,21,27H,2-3,5-6,13-14H2,1H3,(H,31,34)(H,32,33)/t27-/m1/s1. The van der Waals surface area contributed by atoms with Crippen molar-refractivity contribution in [2.75, 3.05) is 5.32 Å². The number of aryl methyl sites for hydroxylation is 1. The summed E-state index contributed by atoms with van der Waals surface area (Å²) in [4.78, 5) is 28.5. The molecule has 0 saturated heterocycles. The molecule has 1 fully saturated rings. The van der Waals surface area contributed by atoms with Crippen molar-refractivity contribution in [2.45, 2.75) is 51.4 Å². The van der Waals surface area contributed by atoms with Gasteiger partial charge in [-0.15, -0.1) is 0 Å². The summed E-state index contributed by atoms with van der Waals surface area (Å²) in [6.45, 7) is 1.92. The molecule has 6 heteroatoms. The Balaban J connectivity index is 1.58. The number of carboxylic acids is 1. The number of nitrogens with zero attached hydrogens (tertiary/aromatic N) is 1. The van der Waals surface area contributed by atoms with Crippen LogP contribution < -0.4 is 5.32 Å². The number of hydrogen-bond donors (Lipinski definition) is 2. The molecule has 1 heterocycles. The number of benzene rings is 2. The van der Waals surface area contributed by atoms with Gasteiger partial charge in [-0.2, -0.15) is 0 Å². The van der Waals surface area contributed by atoms with Crippen molar-refractivity contribution in [1.82, 2.24) is 4.98 Å². The van der Waals surface area contributed by atoms with E-state index in [1.807, 2.05) is 49.4 Å². The van der Waals surface area contributed by atoms with Crippen molar-refractivity contribution in [3.8, 4) is 11.1 Å². The van der Waals surface area contributed by atoms with Gasteiger partial charge in [0.2, 0.25) is 5.91 Å². The summed E-state index contributed by atoms with van der Waals surface area (Å²) < 4.78 is 13.6. The van der Waals surface area contributed by atoms with Crippen molar-refractivity contribution in [1.29, 1.82) is 0 Å². The number of hydrogen-bond acceptors (Lipinski definition) is 3. The third-order valence-electron chi connectivity index (χ3n) is 6.77. The fraction of sp³-hybridized carbons (Fsp3) is 0.321. The third kappa shape index (κ3) is 5.50. The lowest BCUT2D eigenvalue weighted by molar-refractivity contribution is -0.137. The normalized spacial score (nSPS) is 14.6. The zero-order valence-electron chi connectivity index (χ0n) is 19.3. The van der Waals surface area contributed by atoms with Crippen molar-refractivity contribution in [3.05, 3.63) is 83.4 Å². The largest absolute Gasteiger partial charge is 0.481 e. The van der Waals surface area contributed by atoms with E-state index in [4.69, 9.17) is 5.11 Å². The predicted molar refractivity (Wildman–Crippen MR) is 130 cm³/mol. The van der Waals surface area contributed by atoms with Crippen LogP contribution in [-0.4, -0.2) is 22.0 Å². The van der Waals surface area contributed by atoms with Crippen LogP contribution in [-0.2, 0) is 16.0 Å². The Morgan fingerprint density at radius 3 is 2.50 bits per heavy atom. The lowest BCUT2D eigenvalue weighted by Crippen LogP contribution is -2.27. The number of carbonyl (C=O) groups excluding carboxylic acids is 1. The molecule has 3 aromatic rings. The van der Waals surface area contributed by atoms with Gasteiger partial charge in [0.1, 0.15) is 5.82 Å². The highest BCUT2D eigenvalue weighted by atomic mass is 19.1. The van der Waals surface area contributed by atoms with Crippen molar-refractivity contribution in [2.24, 2.45) is 5.92 Å². The van der Waals surface area contributed by atoms with Gasteiger partial charge in [-0.05, 0) is 66.5 Å². The summed E-state index contributed by atoms with van der Waals surface area (Å²) in [6, 6.07) is 14.8. The lowest BCUT2D eigenvalue weighted by atomic mass is 9.83. The molecule has 1 aliphatic rings. The maximum absolute atomic E-state index is 13.6. The summed E-state index contributed by atoms with van der Waals surface area (Å²) in [5.74, 6) is -1.30. The fourth-order valence-electron chi connectivity index (χ4n) is 4.92. The number of aliphatic carboxylic acids is 1. The van der Waals surface area contributed by atoms with Crippen molar-refractivity contribution < 1.29 is 19.1 Å². The van der Waals surface area contributed by atoms with E-state index in [0.717, 1.165) is 53.6 Å². The highest BCUT2D eigenvalue weighted by molar-refractivity contribution is 5.97. The molecule has 0 radical (unpaired) electrons. The fourth-order valence-corrected chi connectivity index (χ4v) is 4.92. The molecule has 1 atom stereocenters. The molecular formula is C28H29FN2O3. The number of pyridine rings is 1. The minimum Gasteiger partial charge on any atom is -0.481 e. The third-order valence-corrected chi connectivity index (χ3v) is 6.77. The van der Waals surface area contributed by atoms with E-state index in [1.165, 1.54) is 12.3 Å². The minimum absolute atomic E-state index is 0.0504. The monoisotopic (exact) mass is 460 g/mol. The van der Waals surface area contributed by atoms with Crippen LogP contribution >= 0.6 is 0 Å². The van der Waals surface area contributed by atoms with Crippen LogP contribution in [0.4, 0.5) is 10.1 Å². The predicted octanol–water partition coefficient (Wildman–Crippen LogP) is 6.13. The van der Waals surface area contributed by atoms with Crippen LogP contribution in [0.3, 0.4) is 0 Å². The van der Waals surface area contributed by atoms with Gasteiger partial charge in [0.25, 0.3) is 0 Å². The van der Waals surface area contributed by atoms with E-state index in [2.05, 4.69) is 10.3 Å². The molecule has 0 unspecified atom stereocenters. The Morgan fingerprint density at radius 2 is 1.82 bits per heavy atom. The first-order chi connectivity index (χ1) is 16.4. The van der Waals surface area contributed by atoms with Crippen LogP contribution in [0.15, 0.2) is 60.9 Å². The maximum atomic E-state index is 13.6. The van der Waals surface area contributed by atoms with Gasteiger partial charge >= 0.3 is 5.97 Å². The Hall–Kier alpha value is -3.54. The summed E-state index contributed by atoms with van der Waals surface area (Å²) in [7, 11) is 0. The highest BCUT2D eigenvalue weighted by Gasteiger charge is 2.32. The summed E-state index contributed by atoms with van der Waals surface area (Å²) in [5, 5.41) is 12.1. The average molecular weight is 461 g/mol. The van der Waals surface area contributed by atoms with Gasteiger partial charge in [-0.3, -0.25) is 14.6 Å². The molecule has 2 N–H and O–H groups in total. The van der Waals surface area contributed by atoms with E-state index >= 15 is 0 Å². The molecular weight excluding hydrogens is 431 g/mol. The molecule has 1 amide bonds. The molecule has 1 aliphatic carbocycles. The zero-order chi connectivity index (χ0) is 24.1. The smallest absolute Gasteiger partial charge is 0.303 e. The second-order valence-corrected chi connectivity index (χ2v) is 9.01. The summed E-state index contributed by atoms with van der Waals surface area (Å²) >= 11 is 0. The number of carbonyl (C=O) groups is 2. The van der Waals surface area contributed by atoms with Gasteiger partial charge in [0.15, 0.2) is 0 Å². The van der Waals surface area contributed by atoms with Gasteiger partial charge in [-0.1, -0.05) is 49.2 Å². The Kier molecular flexibility index (Phi) is 7.36. The maximum Gasteiger partial charge on any atom is 0.303 e. The van der Waals surface area contributed by atoms with Gasteiger partial charge < -0.3 is 10.4 Å². The number of nitrogens with one attached hydrogen (secondary N) is 1. The highest BCUT2D eigenvalue weighted by Crippen LogP contribution is 2.39. The molecule has 4 rings (SSSR count). The second kappa shape index (κ2) is 10.6. The van der Waals surface area contributed by atoms with Gasteiger partial charge in [0.05, 0.1) is 12.1 Å². The summed E-state index contributed by atoms with van der Waals surface area (Å²) in [6.07, 6.45) is 7.52. The topological polar surface area (TPSA) is 79.3 Å². The van der Waals surface area contributed by atoms with E-state index < -0.39 is 5.97 Å². The average Bonchev–Trinajstić information content (AvgIpc) is 3.34. The molecule has 176 valence electrons. The quantitative estimate of drug-likeness (QED) is 0.424. The van der Waals surface area contributed by atoms with E-state index in [1.54, 1.807) is 6.20 Å². The van der Waals surface area contributed by atoms with Crippen LogP contribution in [0.1, 0.15) is 54.7 Å². The number of aromatic nitrogens is 1. The van der Waals surface area contributed by atoms with E-state index in [-0.39, 0.29) is 30.0 Å². The molecule has 0 spiro atoms. The number of amides is 1. The number of halogens is 1. The van der Waals surface area contributed by atoms with Crippen molar-refractivity contribution >= 4 is 17.6 Å². The molecule has 5 nitrogen and oxygen atoms in total.